The van der Waals surface area contributed by atoms with E-state index in [-0.39, 0.29) is 34.1 Å². The summed E-state index contributed by atoms with van der Waals surface area (Å²) in [5.74, 6) is -0.344. The van der Waals surface area contributed by atoms with E-state index >= 15 is 0 Å². The summed E-state index contributed by atoms with van der Waals surface area (Å²) in [6.07, 6.45) is 2.03. The smallest absolute Gasteiger partial charge is 0.321 e. The molecule has 3 nitrogen and oxygen atoms in total. The summed E-state index contributed by atoms with van der Waals surface area (Å²) in [6.45, 7) is 4.37. The number of hydrogen-bond acceptors (Lipinski definition) is 4. The molecule has 0 N–H and O–H groups in total. The maximum atomic E-state index is 12.3. The number of nitrogens with zero attached hydrogens (tertiary/aromatic N) is 1. The zero-order valence-corrected chi connectivity index (χ0v) is 15.0. The SMILES string of the molecule is CCOC(=O)C1c2scc[n+]2-c2ccccc2SC1C.[Br-]. The molecule has 21 heavy (non-hydrogen) atoms. The van der Waals surface area contributed by atoms with Crippen LogP contribution in [0.25, 0.3) is 5.69 Å². The summed E-state index contributed by atoms with van der Waals surface area (Å²) in [4.78, 5) is 13.5. The van der Waals surface area contributed by atoms with Crippen LogP contribution in [0.15, 0.2) is 40.7 Å². The van der Waals surface area contributed by atoms with Crippen LogP contribution in [0.1, 0.15) is 24.8 Å². The van der Waals surface area contributed by atoms with Crippen LogP contribution in [0.4, 0.5) is 0 Å². The molecule has 2 aromatic rings. The van der Waals surface area contributed by atoms with Crippen molar-refractivity contribution in [3.63, 3.8) is 0 Å². The molecule has 0 amide bonds. The van der Waals surface area contributed by atoms with E-state index in [0.29, 0.717) is 6.61 Å². The molecule has 1 aromatic heterocycles. The normalized spacial score (nSPS) is 19.7. The molecule has 3 rings (SSSR count). The number of thiazole rings is 1. The lowest BCUT2D eigenvalue weighted by Gasteiger charge is -2.15. The van der Waals surface area contributed by atoms with Gasteiger partial charge in [0.1, 0.15) is 0 Å². The average Bonchev–Trinajstić information content (AvgIpc) is 2.84. The summed E-state index contributed by atoms with van der Waals surface area (Å²) >= 11 is 3.36. The van der Waals surface area contributed by atoms with Gasteiger partial charge in [-0.2, -0.15) is 4.57 Å². The summed E-state index contributed by atoms with van der Waals surface area (Å²) in [6, 6.07) is 8.27. The first kappa shape index (κ1) is 16.5. The Hall–Kier alpha value is -0.850. The molecule has 1 aromatic carbocycles. The maximum Gasteiger partial charge on any atom is 0.321 e. The number of rotatable bonds is 2. The van der Waals surface area contributed by atoms with E-state index < -0.39 is 0 Å². The predicted molar refractivity (Wildman–Crippen MR) is 80.5 cm³/mol. The van der Waals surface area contributed by atoms with Gasteiger partial charge in [-0.15, -0.1) is 11.8 Å². The van der Waals surface area contributed by atoms with Gasteiger partial charge in [-0.1, -0.05) is 30.4 Å². The first-order valence-corrected chi connectivity index (χ1v) is 8.40. The van der Waals surface area contributed by atoms with Crippen molar-refractivity contribution in [2.45, 2.75) is 29.9 Å². The van der Waals surface area contributed by atoms with Crippen LogP contribution in [-0.4, -0.2) is 17.8 Å². The molecule has 1 aliphatic rings. The molecule has 0 aliphatic carbocycles. The van der Waals surface area contributed by atoms with E-state index in [4.69, 9.17) is 4.74 Å². The van der Waals surface area contributed by atoms with Crippen LogP contribution in [-0.2, 0) is 9.53 Å². The largest absolute Gasteiger partial charge is 1.00 e. The second-order valence-electron chi connectivity index (χ2n) is 4.63. The number of para-hydroxylation sites is 1. The third kappa shape index (κ3) is 3.03. The summed E-state index contributed by atoms with van der Waals surface area (Å²) in [7, 11) is 0. The Bertz CT molecular complexity index is 644. The fourth-order valence-electron chi connectivity index (χ4n) is 2.46. The van der Waals surface area contributed by atoms with E-state index in [1.807, 2.05) is 30.6 Å². The highest BCUT2D eigenvalue weighted by Crippen LogP contribution is 2.39. The Morgan fingerprint density at radius 2 is 2.14 bits per heavy atom. The number of carbonyl (C=O) groups is 1. The lowest BCUT2D eigenvalue weighted by atomic mass is 10.1. The highest BCUT2D eigenvalue weighted by molar-refractivity contribution is 8.00. The summed E-state index contributed by atoms with van der Waals surface area (Å²) < 4.78 is 7.40. The van der Waals surface area contributed by atoms with Crippen molar-refractivity contribution in [3.05, 3.63) is 40.8 Å². The van der Waals surface area contributed by atoms with Crippen LogP contribution in [0.3, 0.4) is 0 Å². The number of aromatic nitrogens is 1. The summed E-state index contributed by atoms with van der Waals surface area (Å²) in [5.41, 5.74) is 1.15. The molecular weight excluding hydrogens is 370 g/mol. The van der Waals surface area contributed by atoms with Gasteiger partial charge in [0.05, 0.1) is 16.9 Å². The topological polar surface area (TPSA) is 30.2 Å². The van der Waals surface area contributed by atoms with Gasteiger partial charge in [0.25, 0.3) is 5.01 Å². The van der Waals surface area contributed by atoms with Crippen molar-refractivity contribution >= 4 is 29.1 Å². The van der Waals surface area contributed by atoms with Crippen LogP contribution in [0.2, 0.25) is 0 Å². The van der Waals surface area contributed by atoms with Crippen molar-refractivity contribution in [1.29, 1.82) is 0 Å². The van der Waals surface area contributed by atoms with Gasteiger partial charge in [-0.05, 0) is 13.0 Å². The van der Waals surface area contributed by atoms with Crippen molar-refractivity contribution in [3.8, 4) is 5.69 Å². The first-order valence-electron chi connectivity index (χ1n) is 6.64. The second kappa shape index (κ2) is 6.94. The number of benzene rings is 1. The molecular formula is C15H16BrNO2S2. The van der Waals surface area contributed by atoms with E-state index in [1.54, 1.807) is 23.1 Å². The molecule has 0 saturated heterocycles. The molecule has 0 spiro atoms. The van der Waals surface area contributed by atoms with E-state index in [1.165, 1.54) is 4.90 Å². The van der Waals surface area contributed by atoms with Gasteiger partial charge in [0, 0.05) is 11.3 Å². The summed E-state index contributed by atoms with van der Waals surface area (Å²) in [5, 5.41) is 3.23. The monoisotopic (exact) mass is 385 g/mol. The van der Waals surface area contributed by atoms with Crippen LogP contribution >= 0.6 is 23.1 Å². The molecule has 2 atom stereocenters. The fraction of sp³-hybridized carbons (Fsp3) is 0.333. The highest BCUT2D eigenvalue weighted by atomic mass is 79.9. The number of halogens is 1. The van der Waals surface area contributed by atoms with Gasteiger partial charge in [0.2, 0.25) is 5.69 Å². The zero-order valence-electron chi connectivity index (χ0n) is 11.8. The number of thioether (sulfide) groups is 1. The van der Waals surface area contributed by atoms with Crippen LogP contribution in [0.5, 0.6) is 0 Å². The molecule has 0 fully saturated rings. The molecule has 0 radical (unpaired) electrons. The lowest BCUT2D eigenvalue weighted by Crippen LogP contribution is -3.00. The highest BCUT2D eigenvalue weighted by Gasteiger charge is 2.41. The minimum absolute atomic E-state index is 0. The number of esters is 1. The predicted octanol–water partition coefficient (Wildman–Crippen LogP) is 0.170. The first-order chi connectivity index (χ1) is 9.72. The lowest BCUT2D eigenvalue weighted by molar-refractivity contribution is -0.601. The molecule has 2 heterocycles. The molecule has 2 unspecified atom stereocenters. The van der Waals surface area contributed by atoms with Gasteiger partial charge >= 0.3 is 5.97 Å². The standard InChI is InChI=1S/C15H16NO2S2.BrH/c1-3-18-15(17)13-10(2)20-12-7-5-4-6-11(12)16-8-9-19-14(13)16;/h4-10,13H,3H2,1-2H3;1H/q+1;/p-1. The second-order valence-corrected chi connectivity index (χ2v) is 6.98. The minimum atomic E-state index is -0.215. The molecule has 0 saturated carbocycles. The molecule has 6 heteroatoms. The number of carbonyl (C=O) groups excluding carboxylic acids is 1. The molecule has 0 bridgehead atoms. The Morgan fingerprint density at radius 3 is 2.90 bits per heavy atom. The Labute approximate surface area is 143 Å². The number of ether oxygens (including phenoxy) is 1. The van der Waals surface area contributed by atoms with Crippen molar-refractivity contribution in [2.24, 2.45) is 0 Å². The number of fused-ring (bicyclic) bond motifs is 3. The van der Waals surface area contributed by atoms with Crippen LogP contribution in [0, 0.1) is 0 Å². The Balaban J connectivity index is 0.00000161. The average molecular weight is 386 g/mol. The third-order valence-electron chi connectivity index (χ3n) is 3.35. The Morgan fingerprint density at radius 1 is 1.38 bits per heavy atom. The Kier molecular flexibility index (Phi) is 5.46. The fourth-order valence-corrected chi connectivity index (χ4v) is 4.81. The molecule has 112 valence electrons. The van der Waals surface area contributed by atoms with Gasteiger partial charge in [-0.3, -0.25) is 4.79 Å². The quantitative estimate of drug-likeness (QED) is 0.545. The van der Waals surface area contributed by atoms with Gasteiger partial charge in [-0.25, -0.2) is 0 Å². The van der Waals surface area contributed by atoms with Crippen molar-refractivity contribution in [1.82, 2.24) is 0 Å². The van der Waals surface area contributed by atoms with Crippen LogP contribution < -0.4 is 21.5 Å². The zero-order chi connectivity index (χ0) is 14.1. The van der Waals surface area contributed by atoms with E-state index in [2.05, 4.69) is 23.6 Å². The number of hydrogen-bond donors (Lipinski definition) is 0. The van der Waals surface area contributed by atoms with Gasteiger partial charge in [0.15, 0.2) is 12.1 Å². The third-order valence-corrected chi connectivity index (χ3v) is 5.54. The maximum absolute atomic E-state index is 12.3. The molecule has 1 aliphatic heterocycles. The van der Waals surface area contributed by atoms with E-state index in [0.717, 1.165) is 10.7 Å². The minimum Gasteiger partial charge on any atom is -1.00 e. The van der Waals surface area contributed by atoms with Gasteiger partial charge < -0.3 is 21.7 Å². The van der Waals surface area contributed by atoms with Crippen molar-refractivity contribution in [2.75, 3.05) is 6.61 Å². The van der Waals surface area contributed by atoms with E-state index in [9.17, 15) is 4.79 Å². The van der Waals surface area contributed by atoms with Crippen molar-refractivity contribution < 1.29 is 31.1 Å².